The molecule has 1 unspecified atom stereocenters. The Morgan fingerprint density at radius 2 is 0.804 bits per heavy atom. The van der Waals surface area contributed by atoms with E-state index >= 15 is 0 Å². The molecule has 0 fully saturated rings. The summed E-state index contributed by atoms with van der Waals surface area (Å²) in [5, 5.41) is 0. The van der Waals surface area contributed by atoms with Crippen LogP contribution in [0.1, 0.15) is 201 Å². The molecule has 0 spiro atoms. The van der Waals surface area contributed by atoms with E-state index in [-0.39, 0.29) is 25.2 Å². The van der Waals surface area contributed by atoms with Gasteiger partial charge in [-0.05, 0) is 89.9 Å². The molecule has 5 nitrogen and oxygen atoms in total. The van der Waals surface area contributed by atoms with Crippen LogP contribution in [-0.2, 0) is 23.8 Å². The summed E-state index contributed by atoms with van der Waals surface area (Å²) in [5.41, 5.74) is 0. The predicted molar refractivity (Wildman–Crippen MR) is 242 cm³/mol. The molecule has 0 aliphatic rings. The Bertz CT molecular complexity index is 1060. The van der Waals surface area contributed by atoms with Gasteiger partial charge in [-0.15, -0.1) is 0 Å². The highest BCUT2D eigenvalue weighted by Crippen LogP contribution is 2.13. The van der Waals surface area contributed by atoms with Gasteiger partial charge < -0.3 is 14.2 Å². The molecule has 0 aliphatic carbocycles. The molecule has 56 heavy (non-hydrogen) atoms. The van der Waals surface area contributed by atoms with E-state index in [1.807, 2.05) is 0 Å². The lowest BCUT2D eigenvalue weighted by Crippen LogP contribution is -2.30. The molecule has 320 valence electrons. The Morgan fingerprint density at radius 1 is 0.411 bits per heavy atom. The molecular formula is C51H86O5. The van der Waals surface area contributed by atoms with Crippen LogP contribution in [0, 0.1) is 0 Å². The minimum atomic E-state index is -0.559. The van der Waals surface area contributed by atoms with E-state index in [1.165, 1.54) is 57.8 Å². The summed E-state index contributed by atoms with van der Waals surface area (Å²) < 4.78 is 17.3. The molecule has 5 heteroatoms. The van der Waals surface area contributed by atoms with Crippen LogP contribution >= 0.6 is 0 Å². The average molecular weight is 779 g/mol. The van der Waals surface area contributed by atoms with Crippen molar-refractivity contribution in [2.75, 3.05) is 19.8 Å². The van der Waals surface area contributed by atoms with E-state index in [2.05, 4.69) is 106 Å². The Labute approximate surface area is 346 Å². The van der Waals surface area contributed by atoms with Gasteiger partial charge in [0.05, 0.1) is 6.61 Å². The molecule has 0 bridgehead atoms. The first kappa shape index (κ1) is 53.1. The summed E-state index contributed by atoms with van der Waals surface area (Å²) in [5.74, 6) is -0.441. The van der Waals surface area contributed by atoms with Crippen LogP contribution in [0.4, 0.5) is 0 Å². The SMILES string of the molecule is CC/C=C\C/C=C\C/C=C\C/C=C\CCCCCOCC(COC(=O)CCCCCCC/C=C\C/C=C\C/C=C\CC)OC(=O)CCCCCCCCCCC. The topological polar surface area (TPSA) is 61.8 Å². The maximum Gasteiger partial charge on any atom is 0.306 e. The number of hydrogen-bond acceptors (Lipinski definition) is 5. The Hall–Kier alpha value is -2.92. The second kappa shape index (κ2) is 46.5. The highest BCUT2D eigenvalue weighted by molar-refractivity contribution is 5.70. The van der Waals surface area contributed by atoms with Crippen molar-refractivity contribution in [3.8, 4) is 0 Å². The van der Waals surface area contributed by atoms with Gasteiger partial charge in [-0.2, -0.15) is 0 Å². The third-order valence-corrected chi connectivity index (χ3v) is 9.43. The molecule has 0 saturated carbocycles. The van der Waals surface area contributed by atoms with Crippen LogP contribution in [0.15, 0.2) is 85.1 Å². The normalized spacial score (nSPS) is 13.0. The lowest BCUT2D eigenvalue weighted by Gasteiger charge is -2.18. The van der Waals surface area contributed by atoms with Crippen molar-refractivity contribution in [1.29, 1.82) is 0 Å². The van der Waals surface area contributed by atoms with E-state index < -0.39 is 6.10 Å². The summed E-state index contributed by atoms with van der Waals surface area (Å²) in [4.78, 5) is 25.2. The zero-order chi connectivity index (χ0) is 40.7. The fourth-order valence-corrected chi connectivity index (χ4v) is 6.04. The van der Waals surface area contributed by atoms with Crippen molar-refractivity contribution < 1.29 is 23.8 Å². The third-order valence-electron chi connectivity index (χ3n) is 9.43. The first-order valence-corrected chi connectivity index (χ1v) is 23.1. The first-order valence-electron chi connectivity index (χ1n) is 23.1. The van der Waals surface area contributed by atoms with Gasteiger partial charge >= 0.3 is 11.9 Å². The number of allylic oxidation sites excluding steroid dienone is 14. The van der Waals surface area contributed by atoms with Crippen LogP contribution in [0.2, 0.25) is 0 Å². The van der Waals surface area contributed by atoms with Crippen LogP contribution < -0.4 is 0 Å². The maximum absolute atomic E-state index is 12.7. The molecule has 0 radical (unpaired) electrons. The van der Waals surface area contributed by atoms with Crippen LogP contribution in [-0.4, -0.2) is 37.9 Å². The number of carbonyl (C=O) groups is 2. The summed E-state index contributed by atoms with van der Waals surface area (Å²) in [6.07, 6.45) is 60.1. The highest BCUT2D eigenvalue weighted by Gasteiger charge is 2.17. The largest absolute Gasteiger partial charge is 0.462 e. The highest BCUT2D eigenvalue weighted by atomic mass is 16.6. The Morgan fingerprint density at radius 3 is 1.29 bits per heavy atom. The smallest absolute Gasteiger partial charge is 0.306 e. The molecule has 0 N–H and O–H groups in total. The summed E-state index contributed by atoms with van der Waals surface area (Å²) in [7, 11) is 0. The number of hydrogen-bond donors (Lipinski definition) is 0. The maximum atomic E-state index is 12.7. The fraction of sp³-hybridized carbons (Fsp3) is 0.686. The van der Waals surface area contributed by atoms with Crippen molar-refractivity contribution in [1.82, 2.24) is 0 Å². The molecule has 0 saturated heterocycles. The standard InChI is InChI=1S/C51H86O5/c1-4-7-10-13-16-19-21-23-25-27-29-31-34-37-40-43-46-54-47-49(56-51(53)45-42-39-36-32-18-15-12-9-6-3)48-55-50(52)44-41-38-35-33-30-28-26-24-22-20-17-14-11-8-5-2/h7-8,10-11,16-17,19-20,23-26,29,31,49H,4-6,9,12-15,18,21-22,27-28,30,32-48H2,1-3H3/b10-7-,11-8-,19-16-,20-17-,25-23-,26-24-,31-29-. The van der Waals surface area contributed by atoms with Gasteiger partial charge in [0.1, 0.15) is 6.61 Å². The van der Waals surface area contributed by atoms with Crippen LogP contribution in [0.3, 0.4) is 0 Å². The van der Waals surface area contributed by atoms with E-state index in [4.69, 9.17) is 14.2 Å². The quantitative estimate of drug-likeness (QED) is 0.0351. The number of rotatable bonds is 41. The van der Waals surface area contributed by atoms with Gasteiger partial charge in [0.15, 0.2) is 6.10 Å². The van der Waals surface area contributed by atoms with E-state index in [0.29, 0.717) is 19.4 Å². The van der Waals surface area contributed by atoms with Gasteiger partial charge in [-0.3, -0.25) is 9.59 Å². The van der Waals surface area contributed by atoms with Gasteiger partial charge in [0.2, 0.25) is 0 Å². The van der Waals surface area contributed by atoms with Crippen molar-refractivity contribution in [3.05, 3.63) is 85.1 Å². The first-order chi connectivity index (χ1) is 27.6. The predicted octanol–water partition coefficient (Wildman–Crippen LogP) is 15.3. The fourth-order valence-electron chi connectivity index (χ4n) is 6.04. The second-order valence-corrected chi connectivity index (χ2v) is 14.9. The minimum absolute atomic E-state index is 0.0606. The third kappa shape index (κ3) is 43.8. The summed E-state index contributed by atoms with van der Waals surface area (Å²) in [6, 6.07) is 0. The molecule has 0 rings (SSSR count). The molecular weight excluding hydrogens is 693 g/mol. The minimum Gasteiger partial charge on any atom is -0.462 e. The lowest BCUT2D eigenvalue weighted by atomic mass is 10.1. The lowest BCUT2D eigenvalue weighted by molar-refractivity contribution is -0.163. The molecule has 0 aromatic rings. The molecule has 0 aliphatic heterocycles. The number of carbonyl (C=O) groups excluding carboxylic acids is 2. The van der Waals surface area contributed by atoms with Gasteiger partial charge in [-0.1, -0.05) is 183 Å². The Balaban J connectivity index is 4.31. The van der Waals surface area contributed by atoms with Crippen LogP contribution in [0.5, 0.6) is 0 Å². The van der Waals surface area contributed by atoms with Crippen LogP contribution in [0.25, 0.3) is 0 Å². The van der Waals surface area contributed by atoms with E-state index in [1.54, 1.807) is 0 Å². The van der Waals surface area contributed by atoms with Gasteiger partial charge in [0, 0.05) is 19.4 Å². The molecule has 0 amide bonds. The number of ether oxygens (including phenoxy) is 3. The second-order valence-electron chi connectivity index (χ2n) is 14.9. The molecule has 1 atom stereocenters. The molecule has 0 aromatic heterocycles. The van der Waals surface area contributed by atoms with Crippen molar-refractivity contribution in [3.63, 3.8) is 0 Å². The van der Waals surface area contributed by atoms with Crippen molar-refractivity contribution >= 4 is 11.9 Å². The van der Waals surface area contributed by atoms with Gasteiger partial charge in [-0.25, -0.2) is 0 Å². The average Bonchev–Trinajstić information content (AvgIpc) is 3.20. The number of unbranched alkanes of at least 4 members (excludes halogenated alkanes) is 16. The zero-order valence-electron chi connectivity index (χ0n) is 36.6. The summed E-state index contributed by atoms with van der Waals surface area (Å²) in [6.45, 7) is 7.49. The molecule has 0 aromatic carbocycles. The summed E-state index contributed by atoms with van der Waals surface area (Å²) >= 11 is 0. The Kier molecular flexibility index (Phi) is 44.0. The number of esters is 2. The van der Waals surface area contributed by atoms with Gasteiger partial charge in [0.25, 0.3) is 0 Å². The zero-order valence-corrected chi connectivity index (χ0v) is 36.6. The van der Waals surface area contributed by atoms with Crippen molar-refractivity contribution in [2.24, 2.45) is 0 Å². The molecule has 0 heterocycles. The monoisotopic (exact) mass is 779 g/mol. The van der Waals surface area contributed by atoms with E-state index in [0.717, 1.165) is 109 Å². The van der Waals surface area contributed by atoms with Crippen molar-refractivity contribution in [2.45, 2.75) is 207 Å². The van der Waals surface area contributed by atoms with E-state index in [9.17, 15) is 9.59 Å².